The van der Waals surface area contributed by atoms with Crippen molar-refractivity contribution in [2.24, 2.45) is 0 Å². The highest BCUT2D eigenvalue weighted by Gasteiger charge is 2.22. The molecule has 0 aliphatic carbocycles. The number of rotatable bonds is 6. The first-order chi connectivity index (χ1) is 27.3. The third-order valence-electron chi connectivity index (χ3n) is 10.9. The van der Waals surface area contributed by atoms with Crippen molar-refractivity contribution in [1.82, 2.24) is 4.57 Å². The molecule has 0 fully saturated rings. The maximum Gasteiger partial charge on any atom is 0.136 e. The van der Waals surface area contributed by atoms with E-state index >= 15 is 0 Å². The van der Waals surface area contributed by atoms with Crippen molar-refractivity contribution in [3.63, 3.8) is 0 Å². The molecule has 258 valence electrons. The van der Waals surface area contributed by atoms with E-state index in [1.54, 1.807) is 0 Å². The van der Waals surface area contributed by atoms with E-state index in [0.717, 1.165) is 61.3 Å². The monoisotopic (exact) mass is 702 g/mol. The molecule has 11 rings (SSSR count). The second-order valence-corrected chi connectivity index (χ2v) is 14.1. The Balaban J connectivity index is 1.13. The van der Waals surface area contributed by atoms with Crippen LogP contribution in [0.1, 0.15) is 0 Å². The van der Waals surface area contributed by atoms with Crippen molar-refractivity contribution in [3.8, 4) is 27.9 Å². The highest BCUT2D eigenvalue weighted by molar-refractivity contribution is 6.16. The van der Waals surface area contributed by atoms with Crippen molar-refractivity contribution < 1.29 is 4.42 Å². The Morgan fingerprint density at radius 2 is 1.07 bits per heavy atom. The maximum absolute atomic E-state index is 6.45. The molecule has 0 aliphatic rings. The SMILES string of the molecule is c1ccc(-c2cccc(N(c3ccc(-c4cccc5oc6cc7ccccc7cc6c45)cc3)c3cccc4c5ccccc5n(-c5ccccc5)c34)c2)cc1. The van der Waals surface area contributed by atoms with Crippen molar-refractivity contribution in [3.05, 3.63) is 206 Å². The van der Waals surface area contributed by atoms with Gasteiger partial charge in [-0.3, -0.25) is 0 Å². The van der Waals surface area contributed by atoms with Gasteiger partial charge in [0.15, 0.2) is 0 Å². The molecule has 0 radical (unpaired) electrons. The molecule has 0 saturated heterocycles. The Bertz CT molecular complexity index is 3190. The summed E-state index contributed by atoms with van der Waals surface area (Å²) in [5.41, 5.74) is 13.2. The van der Waals surface area contributed by atoms with Gasteiger partial charge in [-0.2, -0.15) is 0 Å². The summed E-state index contributed by atoms with van der Waals surface area (Å²) in [6.07, 6.45) is 0. The van der Waals surface area contributed by atoms with Gasteiger partial charge < -0.3 is 13.9 Å². The van der Waals surface area contributed by atoms with Crippen LogP contribution >= 0.6 is 0 Å². The summed E-state index contributed by atoms with van der Waals surface area (Å²) in [7, 11) is 0. The maximum atomic E-state index is 6.45. The molecule has 55 heavy (non-hydrogen) atoms. The molecular formula is C52H34N2O. The second kappa shape index (κ2) is 12.6. The fourth-order valence-corrected chi connectivity index (χ4v) is 8.45. The molecule has 0 saturated carbocycles. The van der Waals surface area contributed by atoms with Crippen molar-refractivity contribution in [1.29, 1.82) is 0 Å². The number of furan rings is 1. The minimum Gasteiger partial charge on any atom is -0.456 e. The Labute approximate surface area is 318 Å². The van der Waals surface area contributed by atoms with Crippen LogP contribution in [0.4, 0.5) is 17.1 Å². The lowest BCUT2D eigenvalue weighted by Gasteiger charge is -2.28. The number of hydrogen-bond acceptors (Lipinski definition) is 2. The molecule has 0 spiro atoms. The number of benzene rings is 9. The van der Waals surface area contributed by atoms with E-state index in [9.17, 15) is 0 Å². The quantitative estimate of drug-likeness (QED) is 0.172. The average Bonchev–Trinajstić information content (AvgIpc) is 3.80. The predicted octanol–water partition coefficient (Wildman–Crippen LogP) is 14.6. The van der Waals surface area contributed by atoms with Gasteiger partial charge in [0.05, 0.1) is 16.7 Å². The number of nitrogens with zero attached hydrogens (tertiary/aromatic N) is 2. The minimum atomic E-state index is 0.895. The molecule has 0 amide bonds. The predicted molar refractivity (Wildman–Crippen MR) is 231 cm³/mol. The molecule has 0 aliphatic heterocycles. The van der Waals surface area contributed by atoms with Crippen LogP contribution in [0.25, 0.3) is 82.5 Å². The van der Waals surface area contributed by atoms with Gasteiger partial charge in [0.25, 0.3) is 0 Å². The fourth-order valence-electron chi connectivity index (χ4n) is 8.45. The van der Waals surface area contributed by atoms with Crippen molar-refractivity contribution in [2.45, 2.75) is 0 Å². The normalized spacial score (nSPS) is 11.6. The standard InChI is InChI=1S/C52H34N2O/c1-3-14-35(15-4-1)37-18-11-21-42(32-37)53(48-26-12-24-45-44-22-9-10-25-47(44)54(52(45)48)40-19-5-2-6-20-40)41-30-28-36(29-31-41)43-23-13-27-49-51(43)46-33-38-16-7-8-17-39(38)34-50(46)55-49/h1-34H. The van der Waals surface area contributed by atoms with E-state index in [4.69, 9.17) is 4.42 Å². The average molecular weight is 703 g/mol. The van der Waals surface area contributed by atoms with Crippen LogP contribution in [-0.4, -0.2) is 4.57 Å². The number of hydrogen-bond donors (Lipinski definition) is 0. The summed E-state index contributed by atoms with van der Waals surface area (Å²) in [4.78, 5) is 2.41. The molecule has 0 bridgehead atoms. The number of anilines is 3. The number of para-hydroxylation sites is 3. The first-order valence-electron chi connectivity index (χ1n) is 18.8. The van der Waals surface area contributed by atoms with Gasteiger partial charge in [-0.25, -0.2) is 0 Å². The first kappa shape index (κ1) is 31.2. The van der Waals surface area contributed by atoms with Gasteiger partial charge >= 0.3 is 0 Å². The van der Waals surface area contributed by atoms with Crippen LogP contribution in [0.3, 0.4) is 0 Å². The topological polar surface area (TPSA) is 21.3 Å². The van der Waals surface area contributed by atoms with Crippen LogP contribution in [0.15, 0.2) is 211 Å². The van der Waals surface area contributed by atoms with Crippen LogP contribution in [0.2, 0.25) is 0 Å². The molecular weight excluding hydrogens is 669 g/mol. The summed E-state index contributed by atoms with van der Waals surface area (Å²) >= 11 is 0. The van der Waals surface area contributed by atoms with Crippen LogP contribution < -0.4 is 4.90 Å². The lowest BCUT2D eigenvalue weighted by Crippen LogP contribution is -2.11. The van der Waals surface area contributed by atoms with Crippen LogP contribution in [0.5, 0.6) is 0 Å². The molecule has 0 N–H and O–H groups in total. The van der Waals surface area contributed by atoms with Gasteiger partial charge in [0.2, 0.25) is 0 Å². The van der Waals surface area contributed by atoms with Gasteiger partial charge in [-0.15, -0.1) is 0 Å². The molecule has 0 atom stereocenters. The summed E-state index contributed by atoms with van der Waals surface area (Å²) < 4.78 is 8.86. The Hall–Kier alpha value is -7.36. The van der Waals surface area contributed by atoms with Crippen LogP contribution in [0, 0.1) is 0 Å². The van der Waals surface area contributed by atoms with Crippen LogP contribution in [-0.2, 0) is 0 Å². The number of fused-ring (bicyclic) bond motifs is 7. The third kappa shape index (κ3) is 5.13. The molecule has 3 nitrogen and oxygen atoms in total. The van der Waals surface area contributed by atoms with Gasteiger partial charge in [0, 0.05) is 38.6 Å². The molecule has 9 aromatic carbocycles. The molecule has 3 heteroatoms. The van der Waals surface area contributed by atoms with Gasteiger partial charge in [-0.05, 0) is 99.8 Å². The fraction of sp³-hybridized carbons (Fsp3) is 0. The van der Waals surface area contributed by atoms with E-state index in [1.807, 2.05) is 0 Å². The molecule has 0 unspecified atom stereocenters. The van der Waals surface area contributed by atoms with Crippen molar-refractivity contribution >= 4 is 71.6 Å². The zero-order valence-corrected chi connectivity index (χ0v) is 29.9. The van der Waals surface area contributed by atoms with Gasteiger partial charge in [0.1, 0.15) is 11.2 Å². The highest BCUT2D eigenvalue weighted by Crippen LogP contribution is 2.45. The minimum absolute atomic E-state index is 0.895. The molecule has 2 heterocycles. The largest absolute Gasteiger partial charge is 0.456 e. The molecule has 2 aromatic heterocycles. The lowest BCUT2D eigenvalue weighted by atomic mass is 9.98. The van der Waals surface area contributed by atoms with Crippen molar-refractivity contribution in [2.75, 3.05) is 4.90 Å². The van der Waals surface area contributed by atoms with E-state index < -0.39 is 0 Å². The van der Waals surface area contributed by atoms with E-state index in [-0.39, 0.29) is 0 Å². The third-order valence-corrected chi connectivity index (χ3v) is 10.9. The lowest BCUT2D eigenvalue weighted by molar-refractivity contribution is 0.669. The van der Waals surface area contributed by atoms with E-state index in [1.165, 1.54) is 38.2 Å². The van der Waals surface area contributed by atoms with E-state index in [0.29, 0.717) is 0 Å². The zero-order chi connectivity index (χ0) is 36.3. The summed E-state index contributed by atoms with van der Waals surface area (Å²) in [5, 5.41) is 7.10. The van der Waals surface area contributed by atoms with E-state index in [2.05, 4.69) is 216 Å². The summed E-state index contributed by atoms with van der Waals surface area (Å²) in [6, 6.07) is 74.0. The molecule has 11 aromatic rings. The summed E-state index contributed by atoms with van der Waals surface area (Å²) in [6.45, 7) is 0. The first-order valence-corrected chi connectivity index (χ1v) is 18.8. The number of aromatic nitrogens is 1. The summed E-state index contributed by atoms with van der Waals surface area (Å²) in [5.74, 6) is 0. The smallest absolute Gasteiger partial charge is 0.136 e. The van der Waals surface area contributed by atoms with Gasteiger partial charge in [-0.1, -0.05) is 140 Å². The second-order valence-electron chi connectivity index (χ2n) is 14.1. The zero-order valence-electron chi connectivity index (χ0n) is 29.9. The Morgan fingerprint density at radius 1 is 0.400 bits per heavy atom. The highest BCUT2D eigenvalue weighted by atomic mass is 16.3. The Morgan fingerprint density at radius 3 is 1.91 bits per heavy atom. The Kier molecular flexibility index (Phi) is 7.17.